The van der Waals surface area contributed by atoms with Crippen molar-refractivity contribution in [1.82, 2.24) is 0 Å². The summed E-state index contributed by atoms with van der Waals surface area (Å²) in [6.45, 7) is 1.54. The smallest absolute Gasteiger partial charge is 0.328 e. The van der Waals surface area contributed by atoms with Crippen molar-refractivity contribution in [2.24, 2.45) is 0 Å². The molecule has 0 spiro atoms. The van der Waals surface area contributed by atoms with Gasteiger partial charge in [0.05, 0.1) is 0 Å². The zero-order chi connectivity index (χ0) is 17.9. The van der Waals surface area contributed by atoms with Gasteiger partial charge in [-0.05, 0) is 54.5 Å². The Bertz CT molecular complexity index is 665. The fourth-order valence-electron chi connectivity index (χ4n) is 1.53. The van der Waals surface area contributed by atoms with Crippen molar-refractivity contribution in [2.75, 3.05) is 0 Å². The van der Waals surface area contributed by atoms with Crippen molar-refractivity contribution < 1.29 is 14.7 Å². The molecule has 1 N–H and O–H groups in total. The summed E-state index contributed by atoms with van der Waals surface area (Å²) in [6.07, 6.45) is 6.02. The Kier molecular flexibility index (Phi) is 8.97. The molecule has 0 aliphatic rings. The number of rotatable bonds is 4. The average molecular weight is 452 g/mol. The number of carbonyl (C=O) groups is 2. The number of hydrogen-bond donors (Lipinski definition) is 1. The molecule has 0 fully saturated rings. The number of carboxylic acids is 1. The van der Waals surface area contributed by atoms with Crippen LogP contribution in [0, 0.1) is 0 Å². The van der Waals surface area contributed by atoms with Crippen molar-refractivity contribution in [3.8, 4) is 0 Å². The highest BCUT2D eigenvalue weighted by atomic mass is 79.9. The number of carbonyl (C=O) groups excluding carboxylic acids is 1. The Balaban J connectivity index is 0.000000240. The van der Waals surface area contributed by atoms with Gasteiger partial charge in [0.1, 0.15) is 0 Å². The highest BCUT2D eigenvalue weighted by molar-refractivity contribution is 9.10. The fourth-order valence-corrected chi connectivity index (χ4v) is 2.06. The summed E-state index contributed by atoms with van der Waals surface area (Å²) in [6, 6.07) is 15.2. The van der Waals surface area contributed by atoms with Gasteiger partial charge in [0.2, 0.25) is 0 Å². The molecule has 0 aliphatic carbocycles. The summed E-state index contributed by atoms with van der Waals surface area (Å²) in [5.41, 5.74) is 1.91. The fraction of sp³-hybridized carbons (Fsp3) is 0.0526. The molecule has 0 saturated heterocycles. The van der Waals surface area contributed by atoms with Gasteiger partial charge in [-0.1, -0.05) is 62.2 Å². The molecular weight excluding hydrogens is 436 g/mol. The van der Waals surface area contributed by atoms with Crippen molar-refractivity contribution in [1.29, 1.82) is 0 Å². The van der Waals surface area contributed by atoms with E-state index in [-0.39, 0.29) is 5.78 Å². The van der Waals surface area contributed by atoms with Gasteiger partial charge in [0.15, 0.2) is 5.78 Å². The normalized spacial score (nSPS) is 10.5. The molecule has 2 aromatic carbocycles. The first-order valence-electron chi connectivity index (χ1n) is 6.97. The number of carboxylic acid groups (broad SMARTS) is 1. The maximum absolute atomic E-state index is 10.6. The number of ketones is 1. The van der Waals surface area contributed by atoms with Crippen LogP contribution in [0.5, 0.6) is 0 Å². The lowest BCUT2D eigenvalue weighted by Crippen LogP contribution is -1.85. The van der Waals surface area contributed by atoms with E-state index in [4.69, 9.17) is 5.11 Å². The Labute approximate surface area is 158 Å². The molecule has 0 amide bonds. The van der Waals surface area contributed by atoms with E-state index in [9.17, 15) is 9.59 Å². The van der Waals surface area contributed by atoms with Crippen LogP contribution in [0.1, 0.15) is 18.1 Å². The minimum Gasteiger partial charge on any atom is -0.478 e. The van der Waals surface area contributed by atoms with E-state index in [0.717, 1.165) is 26.1 Å². The first kappa shape index (κ1) is 20.1. The molecule has 0 unspecified atom stereocenters. The highest BCUT2D eigenvalue weighted by Crippen LogP contribution is 2.12. The first-order valence-corrected chi connectivity index (χ1v) is 8.56. The van der Waals surface area contributed by atoms with Gasteiger partial charge in [-0.3, -0.25) is 4.79 Å². The van der Waals surface area contributed by atoms with Gasteiger partial charge in [-0.2, -0.15) is 0 Å². The molecule has 0 bridgehead atoms. The molecule has 2 rings (SSSR count). The number of hydrogen-bond acceptors (Lipinski definition) is 2. The van der Waals surface area contributed by atoms with Crippen molar-refractivity contribution in [2.45, 2.75) is 6.92 Å². The highest BCUT2D eigenvalue weighted by Gasteiger charge is 1.89. The molecule has 5 heteroatoms. The molecule has 24 heavy (non-hydrogen) atoms. The summed E-state index contributed by atoms with van der Waals surface area (Å²) in [5, 5.41) is 8.33. The summed E-state index contributed by atoms with van der Waals surface area (Å²) >= 11 is 6.62. The molecule has 2 aromatic rings. The molecule has 0 heterocycles. The third kappa shape index (κ3) is 9.22. The van der Waals surface area contributed by atoms with E-state index in [1.54, 1.807) is 18.2 Å². The second kappa shape index (κ2) is 10.7. The van der Waals surface area contributed by atoms with Crippen LogP contribution in [0.25, 0.3) is 12.2 Å². The average Bonchev–Trinajstić information content (AvgIpc) is 2.54. The van der Waals surface area contributed by atoms with Gasteiger partial charge >= 0.3 is 5.97 Å². The van der Waals surface area contributed by atoms with E-state index < -0.39 is 5.97 Å². The van der Waals surface area contributed by atoms with Crippen LogP contribution in [0.4, 0.5) is 0 Å². The van der Waals surface area contributed by atoms with Crippen LogP contribution in [-0.2, 0) is 9.59 Å². The molecule has 0 saturated carbocycles. The quantitative estimate of drug-likeness (QED) is 0.615. The second-order valence-corrected chi connectivity index (χ2v) is 6.55. The maximum Gasteiger partial charge on any atom is 0.328 e. The minimum absolute atomic E-state index is 0.0675. The van der Waals surface area contributed by atoms with Crippen molar-refractivity contribution in [3.63, 3.8) is 0 Å². The van der Waals surface area contributed by atoms with E-state index in [1.165, 1.54) is 6.92 Å². The standard InChI is InChI=1S/C10H9BrO.C9H7BrO2/c1-8(12)2-3-9-4-6-10(11)7-5-9;10-8-4-1-7(2-5-8)3-6-9(11)12/h2-7H,1H3;1-6H,(H,11,12)/b3-2+;. The van der Waals surface area contributed by atoms with Gasteiger partial charge < -0.3 is 5.11 Å². The maximum atomic E-state index is 10.6. The molecule has 124 valence electrons. The van der Waals surface area contributed by atoms with E-state index in [0.29, 0.717) is 0 Å². The summed E-state index contributed by atoms with van der Waals surface area (Å²) in [5.74, 6) is -0.865. The summed E-state index contributed by atoms with van der Waals surface area (Å²) in [7, 11) is 0. The van der Waals surface area contributed by atoms with Crippen LogP contribution in [0.2, 0.25) is 0 Å². The van der Waals surface area contributed by atoms with Crippen LogP contribution >= 0.6 is 31.9 Å². The molecule has 3 nitrogen and oxygen atoms in total. The van der Waals surface area contributed by atoms with Gasteiger partial charge in [0, 0.05) is 15.0 Å². The predicted molar refractivity (Wildman–Crippen MR) is 105 cm³/mol. The van der Waals surface area contributed by atoms with Crippen molar-refractivity contribution >= 4 is 55.8 Å². The minimum atomic E-state index is -0.932. The molecule has 0 aliphatic heterocycles. The largest absolute Gasteiger partial charge is 0.478 e. The lowest BCUT2D eigenvalue weighted by Gasteiger charge is -1.91. The SMILES string of the molecule is CC(=O)/C=C/c1ccc(Br)cc1.O=C(O)C=Cc1ccc(Br)cc1. The van der Waals surface area contributed by atoms with Crippen LogP contribution in [0.15, 0.2) is 69.6 Å². The van der Waals surface area contributed by atoms with Gasteiger partial charge in [-0.15, -0.1) is 0 Å². The molecular formula is C19H16Br2O3. The molecule has 0 aromatic heterocycles. The first-order chi connectivity index (χ1) is 11.4. The van der Waals surface area contributed by atoms with Crippen LogP contribution < -0.4 is 0 Å². The number of benzene rings is 2. The Morgan fingerprint density at radius 1 is 0.792 bits per heavy atom. The third-order valence-electron chi connectivity index (χ3n) is 2.67. The van der Waals surface area contributed by atoms with Crippen LogP contribution in [-0.4, -0.2) is 16.9 Å². The molecule has 0 radical (unpaired) electrons. The Morgan fingerprint density at radius 2 is 1.17 bits per heavy atom. The number of allylic oxidation sites excluding steroid dienone is 1. The zero-order valence-electron chi connectivity index (χ0n) is 12.9. The summed E-state index contributed by atoms with van der Waals surface area (Å²) < 4.78 is 2.03. The predicted octanol–water partition coefficient (Wildman–Crippen LogP) is 5.60. The number of aliphatic carboxylic acids is 1. The third-order valence-corrected chi connectivity index (χ3v) is 3.73. The van der Waals surface area contributed by atoms with E-state index in [1.807, 2.05) is 48.5 Å². The number of halogens is 2. The van der Waals surface area contributed by atoms with Gasteiger partial charge in [-0.25, -0.2) is 4.79 Å². The van der Waals surface area contributed by atoms with E-state index >= 15 is 0 Å². The van der Waals surface area contributed by atoms with E-state index in [2.05, 4.69) is 31.9 Å². The monoisotopic (exact) mass is 450 g/mol. The molecule has 0 atom stereocenters. The van der Waals surface area contributed by atoms with Gasteiger partial charge in [0.25, 0.3) is 0 Å². The zero-order valence-corrected chi connectivity index (χ0v) is 16.1. The topological polar surface area (TPSA) is 54.4 Å². The Hall–Kier alpha value is -1.98. The lowest BCUT2D eigenvalue weighted by atomic mass is 10.2. The Morgan fingerprint density at radius 3 is 1.50 bits per heavy atom. The summed E-state index contributed by atoms with van der Waals surface area (Å²) in [4.78, 5) is 20.7. The second-order valence-electron chi connectivity index (χ2n) is 4.72. The lowest BCUT2D eigenvalue weighted by molar-refractivity contribution is -0.131. The van der Waals surface area contributed by atoms with Crippen molar-refractivity contribution in [3.05, 3.63) is 80.8 Å². The van der Waals surface area contributed by atoms with Crippen LogP contribution in [0.3, 0.4) is 0 Å².